The zero-order chi connectivity index (χ0) is 22.3. The van der Waals surface area contributed by atoms with E-state index in [9.17, 15) is 0 Å². The van der Waals surface area contributed by atoms with Crippen LogP contribution in [0.5, 0.6) is 0 Å². The van der Waals surface area contributed by atoms with Gasteiger partial charge in [-0.2, -0.15) is 0 Å². The first-order chi connectivity index (χ1) is 15.7. The standard InChI is InChI=1S/C31H35F/c1-3-5-7-24-8-10-25(11-9-24)12-13-26-16-20-30-28(22-26)19-21-29(31(30)32)27-17-14-23(6-4-2)15-18-27/h8-11,16,19-23,27H,3-7,14-15,17-18H2,1-2H3. The highest BCUT2D eigenvalue weighted by Gasteiger charge is 2.24. The van der Waals surface area contributed by atoms with Crippen molar-refractivity contribution in [2.45, 2.75) is 77.6 Å². The van der Waals surface area contributed by atoms with E-state index in [2.05, 4.69) is 56.0 Å². The predicted octanol–water partition coefficient (Wildman–Crippen LogP) is 8.80. The average Bonchev–Trinajstić information content (AvgIpc) is 2.83. The van der Waals surface area contributed by atoms with Gasteiger partial charge in [0.15, 0.2) is 0 Å². The molecular weight excluding hydrogens is 391 g/mol. The summed E-state index contributed by atoms with van der Waals surface area (Å²) in [5.74, 6) is 7.70. The fourth-order valence-corrected chi connectivity index (χ4v) is 5.15. The molecule has 1 aliphatic rings. The maximum absolute atomic E-state index is 15.4. The molecule has 3 aromatic carbocycles. The molecule has 0 saturated heterocycles. The van der Waals surface area contributed by atoms with E-state index in [-0.39, 0.29) is 5.82 Å². The number of halogens is 1. The summed E-state index contributed by atoms with van der Waals surface area (Å²) >= 11 is 0. The van der Waals surface area contributed by atoms with Crippen LogP contribution >= 0.6 is 0 Å². The molecule has 1 heteroatoms. The van der Waals surface area contributed by atoms with Crippen molar-refractivity contribution in [1.29, 1.82) is 0 Å². The second kappa shape index (κ2) is 10.8. The van der Waals surface area contributed by atoms with Gasteiger partial charge in [-0.25, -0.2) is 4.39 Å². The largest absolute Gasteiger partial charge is 0.206 e. The van der Waals surface area contributed by atoms with E-state index in [4.69, 9.17) is 0 Å². The van der Waals surface area contributed by atoms with Crippen molar-refractivity contribution in [3.05, 3.63) is 82.7 Å². The third-order valence-electron chi connectivity index (χ3n) is 7.09. The lowest BCUT2D eigenvalue weighted by Gasteiger charge is -2.29. The molecule has 0 bridgehead atoms. The Bertz CT molecular complexity index is 1090. The van der Waals surface area contributed by atoms with Gasteiger partial charge in [0.1, 0.15) is 5.82 Å². The molecule has 0 atom stereocenters. The minimum absolute atomic E-state index is 0.0244. The Kier molecular flexibility index (Phi) is 7.64. The van der Waals surface area contributed by atoms with Crippen LogP contribution in [0.2, 0.25) is 0 Å². The van der Waals surface area contributed by atoms with Gasteiger partial charge in [-0.3, -0.25) is 0 Å². The molecule has 166 valence electrons. The van der Waals surface area contributed by atoms with Crippen molar-refractivity contribution in [2.75, 3.05) is 0 Å². The Morgan fingerprint density at radius 3 is 2.25 bits per heavy atom. The predicted molar refractivity (Wildman–Crippen MR) is 135 cm³/mol. The van der Waals surface area contributed by atoms with Gasteiger partial charge in [-0.1, -0.05) is 75.3 Å². The van der Waals surface area contributed by atoms with Crippen molar-refractivity contribution >= 4 is 10.8 Å². The smallest absolute Gasteiger partial charge is 0.134 e. The number of fused-ring (bicyclic) bond motifs is 1. The van der Waals surface area contributed by atoms with Gasteiger partial charge in [-0.15, -0.1) is 0 Å². The molecule has 3 aromatic rings. The summed E-state index contributed by atoms with van der Waals surface area (Å²) in [7, 11) is 0. The first-order valence-corrected chi connectivity index (χ1v) is 12.5. The fraction of sp³-hybridized carbons (Fsp3) is 0.419. The van der Waals surface area contributed by atoms with Crippen LogP contribution in [0.4, 0.5) is 4.39 Å². The second-order valence-electron chi connectivity index (χ2n) is 9.46. The minimum atomic E-state index is -0.0244. The number of hydrogen-bond donors (Lipinski definition) is 0. The maximum atomic E-state index is 15.4. The third kappa shape index (κ3) is 5.42. The van der Waals surface area contributed by atoms with Gasteiger partial charge < -0.3 is 0 Å². The molecule has 0 heterocycles. The summed E-state index contributed by atoms with van der Waals surface area (Å²) in [4.78, 5) is 0. The van der Waals surface area contributed by atoms with E-state index in [1.54, 1.807) is 0 Å². The molecule has 0 amide bonds. The Hall–Kier alpha value is -2.59. The fourth-order valence-electron chi connectivity index (χ4n) is 5.15. The van der Waals surface area contributed by atoms with Crippen molar-refractivity contribution in [3.63, 3.8) is 0 Å². The lowest BCUT2D eigenvalue weighted by molar-refractivity contribution is 0.305. The maximum Gasteiger partial charge on any atom is 0.134 e. The van der Waals surface area contributed by atoms with Crippen LogP contribution in [0, 0.1) is 23.6 Å². The third-order valence-corrected chi connectivity index (χ3v) is 7.09. The van der Waals surface area contributed by atoms with Crippen LogP contribution in [0.15, 0.2) is 54.6 Å². The zero-order valence-electron chi connectivity index (χ0n) is 19.6. The second-order valence-corrected chi connectivity index (χ2v) is 9.46. The van der Waals surface area contributed by atoms with Crippen LogP contribution < -0.4 is 0 Å². The summed E-state index contributed by atoms with van der Waals surface area (Å²) in [6.45, 7) is 4.48. The van der Waals surface area contributed by atoms with Crippen LogP contribution in [-0.2, 0) is 6.42 Å². The summed E-state index contributed by atoms with van der Waals surface area (Å²) < 4.78 is 15.4. The van der Waals surface area contributed by atoms with Crippen LogP contribution in [0.25, 0.3) is 10.8 Å². The lowest BCUT2D eigenvalue weighted by atomic mass is 9.77. The molecule has 4 rings (SSSR count). The Balaban J connectivity index is 1.49. The molecule has 0 nitrogen and oxygen atoms in total. The van der Waals surface area contributed by atoms with E-state index in [1.807, 2.05) is 24.3 Å². The number of unbranched alkanes of at least 4 members (excludes halogenated alkanes) is 1. The zero-order valence-corrected chi connectivity index (χ0v) is 19.6. The molecule has 0 spiro atoms. The van der Waals surface area contributed by atoms with Crippen LogP contribution in [-0.4, -0.2) is 0 Å². The van der Waals surface area contributed by atoms with Gasteiger partial charge >= 0.3 is 0 Å². The van der Waals surface area contributed by atoms with E-state index >= 15 is 4.39 Å². The highest BCUT2D eigenvalue weighted by molar-refractivity contribution is 5.85. The molecule has 0 unspecified atom stereocenters. The first-order valence-electron chi connectivity index (χ1n) is 12.5. The molecule has 1 fully saturated rings. The summed E-state index contributed by atoms with van der Waals surface area (Å²) in [5, 5.41) is 1.66. The van der Waals surface area contributed by atoms with Gasteiger partial charge in [0.05, 0.1) is 0 Å². The summed E-state index contributed by atoms with van der Waals surface area (Å²) in [5.41, 5.74) is 4.23. The van der Waals surface area contributed by atoms with Crippen molar-refractivity contribution < 1.29 is 4.39 Å². The SMILES string of the molecule is CCCCc1ccc(C#Cc2ccc3c(F)c(C4CCC(CCC)CC4)ccc3c2)cc1. The van der Waals surface area contributed by atoms with Gasteiger partial charge in [0.25, 0.3) is 0 Å². The van der Waals surface area contributed by atoms with Crippen molar-refractivity contribution in [1.82, 2.24) is 0 Å². The number of hydrogen-bond acceptors (Lipinski definition) is 0. The first kappa shape index (κ1) is 22.6. The summed E-state index contributed by atoms with van der Waals surface area (Å²) in [6, 6.07) is 18.5. The number of aryl methyl sites for hydroxylation is 1. The van der Waals surface area contributed by atoms with Gasteiger partial charge in [-0.05, 0) is 91.1 Å². The normalized spacial score (nSPS) is 18.3. The Morgan fingerprint density at radius 2 is 1.53 bits per heavy atom. The minimum Gasteiger partial charge on any atom is -0.206 e. The van der Waals surface area contributed by atoms with Crippen LogP contribution in [0.3, 0.4) is 0 Å². The molecule has 0 aliphatic heterocycles. The van der Waals surface area contributed by atoms with E-state index in [0.29, 0.717) is 5.92 Å². The highest BCUT2D eigenvalue weighted by atomic mass is 19.1. The highest BCUT2D eigenvalue weighted by Crippen LogP contribution is 2.39. The molecular formula is C31H35F. The monoisotopic (exact) mass is 426 g/mol. The number of benzene rings is 3. The van der Waals surface area contributed by atoms with Crippen molar-refractivity contribution in [3.8, 4) is 11.8 Å². The van der Waals surface area contributed by atoms with E-state index in [1.165, 1.54) is 44.1 Å². The molecule has 0 radical (unpaired) electrons. The average molecular weight is 427 g/mol. The molecule has 0 N–H and O–H groups in total. The van der Waals surface area contributed by atoms with E-state index < -0.39 is 0 Å². The molecule has 0 aromatic heterocycles. The quantitative estimate of drug-likeness (QED) is 0.345. The van der Waals surface area contributed by atoms with Gasteiger partial charge in [0, 0.05) is 16.5 Å². The molecule has 1 saturated carbocycles. The topological polar surface area (TPSA) is 0 Å². The molecule has 1 aliphatic carbocycles. The molecule has 32 heavy (non-hydrogen) atoms. The Labute approximate surface area is 193 Å². The van der Waals surface area contributed by atoms with Crippen molar-refractivity contribution in [2.24, 2.45) is 5.92 Å². The number of rotatable bonds is 6. The summed E-state index contributed by atoms with van der Waals surface area (Å²) in [6.07, 6.45) is 10.9. The van der Waals surface area contributed by atoms with Crippen LogP contribution in [0.1, 0.15) is 93.4 Å². The van der Waals surface area contributed by atoms with E-state index in [0.717, 1.165) is 52.6 Å². The lowest BCUT2D eigenvalue weighted by Crippen LogP contribution is -2.14. The van der Waals surface area contributed by atoms with Gasteiger partial charge in [0.2, 0.25) is 0 Å². The Morgan fingerprint density at radius 1 is 0.812 bits per heavy atom.